The van der Waals surface area contributed by atoms with E-state index in [1.54, 1.807) is 24.3 Å². The average molecular weight is 495 g/mol. The number of aromatic nitrogens is 1. The highest BCUT2D eigenvalue weighted by Crippen LogP contribution is 2.44. The molecule has 2 aromatic carbocycles. The van der Waals surface area contributed by atoms with E-state index in [2.05, 4.69) is 15.8 Å². The van der Waals surface area contributed by atoms with Gasteiger partial charge in [-0.25, -0.2) is 0 Å². The number of benzene rings is 2. The van der Waals surface area contributed by atoms with Crippen molar-refractivity contribution >= 4 is 26.9 Å². The highest BCUT2D eigenvalue weighted by molar-refractivity contribution is 7.87. The Bertz CT molecular complexity index is 1460. The number of hydrogen-bond donors (Lipinski definition) is 2. The van der Waals surface area contributed by atoms with Crippen molar-refractivity contribution in [3.63, 3.8) is 0 Å². The van der Waals surface area contributed by atoms with Crippen LogP contribution in [0.3, 0.4) is 0 Å². The van der Waals surface area contributed by atoms with Gasteiger partial charge >= 0.3 is 0 Å². The Morgan fingerprint density at radius 2 is 1.97 bits per heavy atom. The van der Waals surface area contributed by atoms with Crippen LogP contribution in [0.25, 0.3) is 10.9 Å². The topological polar surface area (TPSA) is 125 Å². The number of ether oxygens (including phenoxy) is 2. The SMILES string of the molecule is CC1(C)c2cc(OCCNS(=O)(=O)N3CCOCC3)ccc2C(=O)c2c1[nH]c1cc(C#N)ccc21. The molecule has 0 unspecified atom stereocenters. The lowest BCUT2D eigenvalue weighted by Crippen LogP contribution is -2.47. The summed E-state index contributed by atoms with van der Waals surface area (Å²) >= 11 is 0. The quantitative estimate of drug-likeness (QED) is 0.507. The largest absolute Gasteiger partial charge is 0.492 e. The fraction of sp³-hybridized carbons (Fsp3) is 0.360. The molecule has 182 valence electrons. The van der Waals surface area contributed by atoms with Gasteiger partial charge in [0, 0.05) is 47.2 Å². The summed E-state index contributed by atoms with van der Waals surface area (Å²) in [6.45, 7) is 5.78. The van der Waals surface area contributed by atoms with Crippen molar-refractivity contribution in [2.24, 2.45) is 0 Å². The molecule has 1 fully saturated rings. The first kappa shape index (κ1) is 23.5. The molecule has 2 heterocycles. The lowest BCUT2D eigenvalue weighted by molar-refractivity contribution is 0.0724. The maximum Gasteiger partial charge on any atom is 0.279 e. The van der Waals surface area contributed by atoms with Gasteiger partial charge in [0.1, 0.15) is 12.4 Å². The number of fused-ring (bicyclic) bond motifs is 4. The Hall–Kier alpha value is -3.23. The Morgan fingerprint density at radius 3 is 2.71 bits per heavy atom. The second-order valence-electron chi connectivity index (χ2n) is 9.17. The number of carbonyl (C=O) groups is 1. The molecule has 10 heteroatoms. The maximum atomic E-state index is 13.4. The highest BCUT2D eigenvalue weighted by atomic mass is 32.2. The van der Waals surface area contributed by atoms with Crippen LogP contribution in [0.1, 0.15) is 46.6 Å². The average Bonchev–Trinajstić information content (AvgIpc) is 3.26. The van der Waals surface area contributed by atoms with Gasteiger partial charge in [0.2, 0.25) is 0 Å². The molecule has 35 heavy (non-hydrogen) atoms. The summed E-state index contributed by atoms with van der Waals surface area (Å²) in [6.07, 6.45) is 0. The molecule has 3 aromatic rings. The van der Waals surface area contributed by atoms with Crippen LogP contribution in [0.4, 0.5) is 0 Å². The normalized spacial score (nSPS) is 17.6. The predicted octanol–water partition coefficient (Wildman–Crippen LogP) is 2.46. The van der Waals surface area contributed by atoms with E-state index in [-0.39, 0.29) is 18.9 Å². The molecule has 0 radical (unpaired) electrons. The Morgan fingerprint density at radius 1 is 1.20 bits per heavy atom. The first-order valence-electron chi connectivity index (χ1n) is 11.4. The van der Waals surface area contributed by atoms with Crippen LogP contribution in [-0.4, -0.2) is 62.9 Å². The van der Waals surface area contributed by atoms with Crippen LogP contribution in [0, 0.1) is 11.3 Å². The van der Waals surface area contributed by atoms with E-state index in [1.165, 1.54) is 4.31 Å². The summed E-state index contributed by atoms with van der Waals surface area (Å²) in [4.78, 5) is 16.8. The van der Waals surface area contributed by atoms with Crippen LogP contribution in [0.2, 0.25) is 0 Å². The molecule has 5 rings (SSSR count). The van der Waals surface area contributed by atoms with Crippen molar-refractivity contribution in [1.29, 1.82) is 5.26 Å². The van der Waals surface area contributed by atoms with E-state index in [0.29, 0.717) is 48.7 Å². The van der Waals surface area contributed by atoms with Crippen LogP contribution < -0.4 is 9.46 Å². The lowest BCUT2D eigenvalue weighted by Gasteiger charge is -2.32. The smallest absolute Gasteiger partial charge is 0.279 e. The molecule has 2 N–H and O–H groups in total. The van der Waals surface area contributed by atoms with Crippen molar-refractivity contribution in [3.8, 4) is 11.8 Å². The van der Waals surface area contributed by atoms with Gasteiger partial charge in [-0.05, 0) is 35.9 Å². The van der Waals surface area contributed by atoms with Crippen molar-refractivity contribution in [1.82, 2.24) is 14.0 Å². The minimum atomic E-state index is -3.57. The number of nitriles is 1. The van der Waals surface area contributed by atoms with E-state index in [4.69, 9.17) is 9.47 Å². The van der Waals surface area contributed by atoms with Crippen molar-refractivity contribution < 1.29 is 22.7 Å². The second-order valence-corrected chi connectivity index (χ2v) is 10.9. The molecule has 0 amide bonds. The summed E-state index contributed by atoms with van der Waals surface area (Å²) in [5.41, 5.74) is 3.64. The van der Waals surface area contributed by atoms with Gasteiger partial charge in [0.25, 0.3) is 10.2 Å². The monoisotopic (exact) mass is 494 g/mol. The molecule has 1 aliphatic carbocycles. The Kier molecular flexibility index (Phi) is 5.89. The first-order chi connectivity index (χ1) is 16.7. The van der Waals surface area contributed by atoms with Gasteiger partial charge in [-0.2, -0.15) is 22.7 Å². The molecule has 0 saturated carbocycles. The van der Waals surface area contributed by atoms with E-state index in [1.807, 2.05) is 26.0 Å². The van der Waals surface area contributed by atoms with Crippen LogP contribution >= 0.6 is 0 Å². The number of aromatic amines is 1. The highest BCUT2D eigenvalue weighted by Gasteiger charge is 2.39. The van der Waals surface area contributed by atoms with Gasteiger partial charge in [0.05, 0.1) is 30.4 Å². The van der Waals surface area contributed by atoms with E-state index < -0.39 is 15.6 Å². The van der Waals surface area contributed by atoms with Gasteiger partial charge < -0.3 is 14.5 Å². The fourth-order valence-electron chi connectivity index (χ4n) is 4.79. The first-order valence-corrected chi connectivity index (χ1v) is 12.9. The molecule has 1 saturated heterocycles. The summed E-state index contributed by atoms with van der Waals surface area (Å²) in [5, 5.41) is 10.0. The van der Waals surface area contributed by atoms with Crippen LogP contribution in [-0.2, 0) is 20.4 Å². The van der Waals surface area contributed by atoms with Gasteiger partial charge in [-0.1, -0.05) is 19.9 Å². The lowest BCUT2D eigenvalue weighted by atomic mass is 9.71. The summed E-state index contributed by atoms with van der Waals surface area (Å²) in [7, 11) is -3.57. The fourth-order valence-corrected chi connectivity index (χ4v) is 5.94. The molecule has 0 bridgehead atoms. The number of H-pyrrole nitrogens is 1. The Labute approximate surface area is 203 Å². The van der Waals surface area contributed by atoms with Crippen molar-refractivity contribution in [2.75, 3.05) is 39.5 Å². The summed E-state index contributed by atoms with van der Waals surface area (Å²) in [5.74, 6) is 0.483. The Balaban J connectivity index is 1.35. The number of nitrogens with zero attached hydrogens (tertiary/aromatic N) is 2. The molecule has 2 aliphatic rings. The zero-order chi connectivity index (χ0) is 24.8. The predicted molar refractivity (Wildman–Crippen MR) is 130 cm³/mol. The van der Waals surface area contributed by atoms with Gasteiger partial charge in [-0.3, -0.25) is 4.79 Å². The molecule has 0 atom stereocenters. The number of carbonyl (C=O) groups excluding carboxylic acids is 1. The van der Waals surface area contributed by atoms with Crippen molar-refractivity contribution in [3.05, 3.63) is 64.3 Å². The zero-order valence-corrected chi connectivity index (χ0v) is 20.4. The number of ketones is 1. The van der Waals surface area contributed by atoms with E-state index >= 15 is 0 Å². The van der Waals surface area contributed by atoms with Gasteiger partial charge in [0.15, 0.2) is 5.78 Å². The number of hydrogen-bond acceptors (Lipinski definition) is 6. The third-order valence-electron chi connectivity index (χ3n) is 6.65. The standard InChI is InChI=1S/C25H26N4O5S/c1-25(2)20-14-17(34-10-7-27-35(31,32)29-8-11-33-12-9-29)4-6-18(20)23(30)22-19-5-3-16(15-26)13-21(19)28-24(22)25/h3-6,13-14,27-28H,7-12H2,1-2H3. The van der Waals surface area contributed by atoms with Gasteiger partial charge in [-0.15, -0.1) is 0 Å². The third kappa shape index (κ3) is 4.10. The minimum absolute atomic E-state index is 0.0740. The molecular formula is C25H26N4O5S. The minimum Gasteiger partial charge on any atom is -0.492 e. The maximum absolute atomic E-state index is 13.4. The number of rotatable bonds is 6. The van der Waals surface area contributed by atoms with E-state index in [0.717, 1.165) is 22.2 Å². The van der Waals surface area contributed by atoms with Crippen LogP contribution in [0.15, 0.2) is 36.4 Å². The molecule has 1 aromatic heterocycles. The molecular weight excluding hydrogens is 468 g/mol. The molecule has 0 spiro atoms. The van der Waals surface area contributed by atoms with E-state index in [9.17, 15) is 18.5 Å². The molecule has 9 nitrogen and oxygen atoms in total. The van der Waals surface area contributed by atoms with Crippen LogP contribution in [0.5, 0.6) is 5.75 Å². The number of nitrogens with one attached hydrogen (secondary N) is 2. The summed E-state index contributed by atoms with van der Waals surface area (Å²) < 4.78 is 39.7. The van der Waals surface area contributed by atoms with Crippen molar-refractivity contribution in [2.45, 2.75) is 19.3 Å². The summed E-state index contributed by atoms with van der Waals surface area (Å²) in [6, 6.07) is 12.8. The second kappa shape index (κ2) is 8.77. The number of morpholine rings is 1. The zero-order valence-electron chi connectivity index (χ0n) is 19.6. The molecule has 1 aliphatic heterocycles. The third-order valence-corrected chi connectivity index (χ3v) is 8.27.